The van der Waals surface area contributed by atoms with E-state index in [0.29, 0.717) is 17.4 Å². The first-order valence-electron chi connectivity index (χ1n) is 31.9. The number of carbonyl (C=O) groups is 2. The van der Waals surface area contributed by atoms with Gasteiger partial charge >= 0.3 is 11.9 Å². The summed E-state index contributed by atoms with van der Waals surface area (Å²) in [6.07, 6.45) is 66.3. The highest BCUT2D eigenvalue weighted by molar-refractivity contribution is 7.45. The van der Waals surface area contributed by atoms with Gasteiger partial charge in [-0.25, -0.2) is 0 Å². The molecule has 73 heavy (non-hydrogen) atoms. The lowest BCUT2D eigenvalue weighted by Gasteiger charge is -2.28. The number of rotatable bonds is 60. The van der Waals surface area contributed by atoms with Crippen LogP contribution in [0.4, 0.5) is 0 Å². The second-order valence-electron chi connectivity index (χ2n) is 23.1. The Morgan fingerprint density at radius 2 is 0.699 bits per heavy atom. The Labute approximate surface area is 454 Å². The van der Waals surface area contributed by atoms with Gasteiger partial charge in [0.1, 0.15) is 19.8 Å². The predicted octanol–water partition coefficient (Wildman–Crippen LogP) is 19.4. The van der Waals surface area contributed by atoms with Gasteiger partial charge in [-0.1, -0.05) is 289 Å². The minimum atomic E-state index is -4.62. The zero-order chi connectivity index (χ0) is 53.5. The molecular formula is C63H124NO8P. The maximum absolute atomic E-state index is 12.7. The molecule has 0 radical (unpaired) electrons. The van der Waals surface area contributed by atoms with Crippen LogP contribution >= 0.6 is 7.82 Å². The number of unbranched alkanes of at least 4 members (excludes halogenated alkanes) is 44. The average Bonchev–Trinajstić information content (AvgIpc) is 3.35. The number of likely N-dealkylation sites (N-methyl/N-ethyl adjacent to an activating group) is 1. The van der Waals surface area contributed by atoms with Crippen LogP contribution in [0.3, 0.4) is 0 Å². The molecule has 0 aliphatic carbocycles. The lowest BCUT2D eigenvalue weighted by atomic mass is 10.0. The highest BCUT2D eigenvalue weighted by atomic mass is 31.2. The molecule has 0 saturated heterocycles. The SMILES string of the molecule is CCCCCCCCCC/C=C\CCCCCCCCCCCCCCCCCCCCCCCCCCCCCCCC(=O)OC(COC(=O)CCCCCCCCCC)COP(=O)([O-])OCC[N+](C)(C)C. The molecule has 0 aromatic carbocycles. The van der Waals surface area contributed by atoms with Crippen LogP contribution < -0.4 is 4.89 Å². The van der Waals surface area contributed by atoms with Crippen molar-refractivity contribution >= 4 is 19.8 Å². The van der Waals surface area contributed by atoms with E-state index in [-0.39, 0.29) is 32.0 Å². The molecule has 0 aromatic rings. The van der Waals surface area contributed by atoms with Crippen molar-refractivity contribution in [2.45, 2.75) is 335 Å². The Morgan fingerprint density at radius 1 is 0.411 bits per heavy atom. The summed E-state index contributed by atoms with van der Waals surface area (Å²) in [7, 11) is 1.18. The van der Waals surface area contributed by atoms with E-state index in [1.807, 2.05) is 21.1 Å². The van der Waals surface area contributed by atoms with Crippen molar-refractivity contribution in [3.8, 4) is 0 Å². The first kappa shape index (κ1) is 71.8. The Bertz CT molecular complexity index is 1240. The lowest BCUT2D eigenvalue weighted by molar-refractivity contribution is -0.870. The minimum absolute atomic E-state index is 0.0263. The van der Waals surface area contributed by atoms with E-state index in [1.165, 1.54) is 263 Å². The quantitative estimate of drug-likeness (QED) is 0.0195. The third kappa shape index (κ3) is 59.8. The van der Waals surface area contributed by atoms with E-state index >= 15 is 0 Å². The molecule has 0 N–H and O–H groups in total. The number of ether oxygens (including phenoxy) is 2. The van der Waals surface area contributed by atoms with Crippen LogP contribution in [0.1, 0.15) is 328 Å². The molecule has 0 saturated carbocycles. The van der Waals surface area contributed by atoms with E-state index in [9.17, 15) is 19.0 Å². The van der Waals surface area contributed by atoms with E-state index < -0.39 is 26.5 Å². The highest BCUT2D eigenvalue weighted by Crippen LogP contribution is 2.38. The maximum atomic E-state index is 12.7. The van der Waals surface area contributed by atoms with Crippen LogP contribution in [0.2, 0.25) is 0 Å². The number of allylic oxidation sites excluding steroid dienone is 2. The lowest BCUT2D eigenvalue weighted by Crippen LogP contribution is -2.37. The average molecular weight is 1050 g/mol. The van der Waals surface area contributed by atoms with Crippen LogP contribution in [0, 0.1) is 0 Å². The molecule has 0 aromatic heterocycles. The summed E-state index contributed by atoms with van der Waals surface area (Å²) in [5.41, 5.74) is 0. The zero-order valence-electron chi connectivity index (χ0n) is 49.4. The van der Waals surface area contributed by atoms with Gasteiger partial charge in [0.25, 0.3) is 7.82 Å². The van der Waals surface area contributed by atoms with Crippen LogP contribution in [0.25, 0.3) is 0 Å². The van der Waals surface area contributed by atoms with E-state index in [1.54, 1.807) is 0 Å². The van der Waals surface area contributed by atoms with Crippen LogP contribution in [0.15, 0.2) is 12.2 Å². The number of phosphoric acid groups is 1. The van der Waals surface area contributed by atoms with Crippen LogP contribution in [-0.4, -0.2) is 70.0 Å². The molecule has 2 unspecified atom stereocenters. The normalized spacial score (nSPS) is 13.2. The highest BCUT2D eigenvalue weighted by Gasteiger charge is 2.22. The smallest absolute Gasteiger partial charge is 0.306 e. The molecule has 434 valence electrons. The molecule has 2 atom stereocenters. The number of phosphoric ester groups is 1. The van der Waals surface area contributed by atoms with Gasteiger partial charge in [0.15, 0.2) is 6.10 Å². The monoisotopic (exact) mass is 1050 g/mol. The third-order valence-corrected chi connectivity index (χ3v) is 15.5. The fourth-order valence-corrected chi connectivity index (χ4v) is 10.3. The number of hydrogen-bond acceptors (Lipinski definition) is 8. The summed E-state index contributed by atoms with van der Waals surface area (Å²) in [6, 6.07) is 0. The van der Waals surface area contributed by atoms with Crippen molar-refractivity contribution in [1.29, 1.82) is 0 Å². The predicted molar refractivity (Wildman–Crippen MR) is 310 cm³/mol. The fourth-order valence-electron chi connectivity index (χ4n) is 9.60. The molecule has 0 aliphatic rings. The van der Waals surface area contributed by atoms with Gasteiger partial charge < -0.3 is 27.9 Å². The van der Waals surface area contributed by atoms with E-state index in [4.69, 9.17) is 18.5 Å². The Morgan fingerprint density at radius 3 is 1.01 bits per heavy atom. The van der Waals surface area contributed by atoms with Gasteiger partial charge in [0.2, 0.25) is 0 Å². The first-order valence-corrected chi connectivity index (χ1v) is 33.4. The summed E-state index contributed by atoms with van der Waals surface area (Å²) in [5, 5.41) is 0. The number of esters is 2. The van der Waals surface area contributed by atoms with Gasteiger partial charge in [-0.2, -0.15) is 0 Å². The van der Waals surface area contributed by atoms with Crippen molar-refractivity contribution < 1.29 is 42.1 Å². The zero-order valence-corrected chi connectivity index (χ0v) is 50.3. The van der Waals surface area contributed by atoms with Gasteiger partial charge in [0.05, 0.1) is 27.7 Å². The Hall–Kier alpha value is -1.25. The second-order valence-corrected chi connectivity index (χ2v) is 24.5. The molecule has 0 spiro atoms. The molecule has 0 bridgehead atoms. The number of quaternary nitrogens is 1. The third-order valence-electron chi connectivity index (χ3n) is 14.5. The molecule has 0 heterocycles. The van der Waals surface area contributed by atoms with Crippen molar-refractivity contribution in [2.75, 3.05) is 47.5 Å². The summed E-state index contributed by atoms with van der Waals surface area (Å²) in [6.45, 7) is 4.24. The molecule has 0 amide bonds. The van der Waals surface area contributed by atoms with Crippen molar-refractivity contribution in [1.82, 2.24) is 0 Å². The van der Waals surface area contributed by atoms with Gasteiger partial charge in [-0.3, -0.25) is 14.2 Å². The fraction of sp³-hybridized carbons (Fsp3) is 0.937. The van der Waals surface area contributed by atoms with Gasteiger partial charge in [-0.05, 0) is 38.5 Å². The number of carbonyl (C=O) groups excluding carboxylic acids is 2. The molecular weight excluding hydrogens is 930 g/mol. The van der Waals surface area contributed by atoms with Crippen LogP contribution in [0.5, 0.6) is 0 Å². The molecule has 9 nitrogen and oxygen atoms in total. The molecule has 0 rings (SSSR count). The van der Waals surface area contributed by atoms with Crippen molar-refractivity contribution in [3.05, 3.63) is 12.2 Å². The van der Waals surface area contributed by atoms with Crippen molar-refractivity contribution in [3.63, 3.8) is 0 Å². The van der Waals surface area contributed by atoms with E-state index in [0.717, 1.165) is 32.1 Å². The van der Waals surface area contributed by atoms with E-state index in [2.05, 4.69) is 26.0 Å². The topological polar surface area (TPSA) is 111 Å². The summed E-state index contributed by atoms with van der Waals surface area (Å²) in [4.78, 5) is 37.6. The van der Waals surface area contributed by atoms with Gasteiger partial charge in [0, 0.05) is 12.8 Å². The van der Waals surface area contributed by atoms with Gasteiger partial charge in [-0.15, -0.1) is 0 Å². The molecule has 10 heteroatoms. The first-order chi connectivity index (χ1) is 35.5. The summed E-state index contributed by atoms with van der Waals surface area (Å²) in [5.74, 6) is -0.821. The molecule has 0 aliphatic heterocycles. The standard InChI is InChI=1S/C63H124NO8P/c1-6-8-10-12-14-16-17-18-19-20-21-22-23-24-25-26-27-28-29-30-31-32-33-34-35-36-37-38-39-40-41-42-43-44-45-46-47-48-50-52-54-56-63(66)72-61(60-71-73(67,68)70-58-57-64(3,4)5)59-69-62(65)55-53-51-49-15-13-11-9-7-2/h20-21,61H,6-19,22-60H2,1-5H3/b21-20-. The van der Waals surface area contributed by atoms with Crippen LogP contribution in [-0.2, 0) is 32.7 Å². The largest absolute Gasteiger partial charge is 0.756 e. The molecule has 0 fully saturated rings. The Kier molecular flexibility index (Phi) is 54.6. The number of hydrogen-bond donors (Lipinski definition) is 0. The second kappa shape index (κ2) is 55.5. The summed E-state index contributed by atoms with van der Waals surface area (Å²) < 4.78 is 34.0. The maximum Gasteiger partial charge on any atom is 0.306 e. The minimum Gasteiger partial charge on any atom is -0.756 e. The number of nitrogens with zero attached hydrogens (tertiary/aromatic N) is 1. The van der Waals surface area contributed by atoms with Crippen molar-refractivity contribution in [2.24, 2.45) is 0 Å². The Balaban J connectivity index is 3.72. The summed E-state index contributed by atoms with van der Waals surface area (Å²) >= 11 is 0.